The van der Waals surface area contributed by atoms with Crippen molar-refractivity contribution in [3.05, 3.63) is 83.3 Å². The molecule has 0 atom stereocenters. The van der Waals surface area contributed by atoms with Crippen molar-refractivity contribution < 1.29 is 18.3 Å². The fourth-order valence-electron chi connectivity index (χ4n) is 3.45. The molecular formula is C24H20N3O5S-. The molecule has 0 aliphatic rings. The van der Waals surface area contributed by atoms with Crippen LogP contribution in [0.2, 0.25) is 0 Å². The predicted octanol–water partition coefficient (Wildman–Crippen LogP) is 3.11. The van der Waals surface area contributed by atoms with Gasteiger partial charge in [0, 0.05) is 34.1 Å². The third-order valence-corrected chi connectivity index (χ3v) is 6.48. The molecule has 33 heavy (non-hydrogen) atoms. The van der Waals surface area contributed by atoms with Crippen LogP contribution in [-0.4, -0.2) is 24.4 Å². The molecule has 0 saturated heterocycles. The molecule has 2 aromatic heterocycles. The number of carboxylic acid groups (broad SMARTS) is 1. The number of pyridine rings is 1. The molecular weight excluding hydrogens is 442 g/mol. The molecule has 5 rings (SSSR count). The highest BCUT2D eigenvalue weighted by Gasteiger charge is 2.15. The van der Waals surface area contributed by atoms with Gasteiger partial charge in [-0.05, 0) is 53.6 Å². The van der Waals surface area contributed by atoms with E-state index in [1.165, 1.54) is 6.92 Å². The molecule has 0 bridgehead atoms. The maximum atomic E-state index is 12.9. The summed E-state index contributed by atoms with van der Waals surface area (Å²) < 4.78 is 28.4. The Morgan fingerprint density at radius 2 is 1.70 bits per heavy atom. The first-order valence-corrected chi connectivity index (χ1v) is 11.6. The highest BCUT2D eigenvalue weighted by Crippen LogP contribution is 2.26. The molecule has 0 aliphatic carbocycles. The van der Waals surface area contributed by atoms with E-state index in [1.54, 1.807) is 48.7 Å². The monoisotopic (exact) mass is 462 g/mol. The number of carbonyl (C=O) groups excluding carboxylic acids is 1. The molecule has 8 nitrogen and oxygen atoms in total. The van der Waals surface area contributed by atoms with Crippen LogP contribution in [0.5, 0.6) is 0 Å². The number of hydrogen-bond donors (Lipinski definition) is 3. The second-order valence-corrected chi connectivity index (χ2v) is 9.00. The molecule has 0 spiro atoms. The summed E-state index contributed by atoms with van der Waals surface area (Å²) in [5.41, 5.74) is 1.32. The van der Waals surface area contributed by atoms with Crippen molar-refractivity contribution in [2.75, 3.05) is 4.72 Å². The highest BCUT2D eigenvalue weighted by molar-refractivity contribution is 7.92. The number of H-pyrrole nitrogens is 2. The number of aromatic amines is 2. The molecule has 0 saturated carbocycles. The summed E-state index contributed by atoms with van der Waals surface area (Å²) in [4.78, 5) is 27.2. The minimum atomic E-state index is -3.75. The Morgan fingerprint density at radius 1 is 0.970 bits per heavy atom. The molecule has 5 aromatic rings. The second kappa shape index (κ2) is 8.79. The minimum absolute atomic E-state index is 0.111. The highest BCUT2D eigenvalue weighted by atomic mass is 32.2. The molecule has 0 fully saturated rings. The van der Waals surface area contributed by atoms with Crippen LogP contribution in [0.3, 0.4) is 0 Å². The number of nitrogens with one attached hydrogen (secondary N) is 3. The summed E-state index contributed by atoms with van der Waals surface area (Å²) in [6.45, 7) is 1.54. The first kappa shape index (κ1) is 22.1. The number of fused-ring (bicyclic) bond motifs is 4. The van der Waals surface area contributed by atoms with Crippen molar-refractivity contribution in [1.29, 1.82) is 0 Å². The molecule has 0 radical (unpaired) electrons. The van der Waals surface area contributed by atoms with Crippen LogP contribution in [0.25, 0.3) is 32.6 Å². The van der Waals surface area contributed by atoms with Gasteiger partial charge in [-0.3, -0.25) is 9.52 Å². The Kier molecular flexibility index (Phi) is 5.89. The van der Waals surface area contributed by atoms with Gasteiger partial charge >= 0.3 is 0 Å². The van der Waals surface area contributed by atoms with E-state index in [-0.39, 0.29) is 16.9 Å². The van der Waals surface area contributed by atoms with E-state index < -0.39 is 16.0 Å². The van der Waals surface area contributed by atoms with Crippen LogP contribution in [-0.2, 0) is 14.8 Å². The van der Waals surface area contributed by atoms with Gasteiger partial charge in [0.15, 0.2) is 0 Å². The third kappa shape index (κ3) is 4.58. The second-order valence-electron chi connectivity index (χ2n) is 7.32. The first-order valence-electron chi connectivity index (χ1n) is 10.1. The number of carboxylic acids is 1. The average Bonchev–Trinajstić information content (AvgIpc) is 3.30. The van der Waals surface area contributed by atoms with E-state index in [4.69, 9.17) is 0 Å². The summed E-state index contributed by atoms with van der Waals surface area (Å²) in [5.74, 6) is -0.995. The minimum Gasteiger partial charge on any atom is -0.550 e. The van der Waals surface area contributed by atoms with Crippen LogP contribution < -0.4 is 15.4 Å². The van der Waals surface area contributed by atoms with Crippen LogP contribution in [0.1, 0.15) is 13.3 Å². The molecule has 3 N–H and O–H groups in total. The lowest BCUT2D eigenvalue weighted by atomic mass is 10.1. The SMILES string of the molecule is CCC(=O)[O-].O=c1[nH]c2ccc(NS(=O)(=O)c3ccc4ccccc4c3)cc2c2cc[nH]c12. The van der Waals surface area contributed by atoms with Gasteiger partial charge in [0.05, 0.1) is 4.90 Å². The lowest BCUT2D eigenvalue weighted by Gasteiger charge is -2.10. The van der Waals surface area contributed by atoms with Gasteiger partial charge in [-0.15, -0.1) is 0 Å². The lowest BCUT2D eigenvalue weighted by Crippen LogP contribution is -2.19. The molecule has 0 aliphatic heterocycles. The normalized spacial score (nSPS) is 11.3. The maximum Gasteiger partial charge on any atom is 0.272 e. The molecule has 3 aromatic carbocycles. The topological polar surface area (TPSA) is 135 Å². The number of hydrogen-bond acceptors (Lipinski definition) is 5. The Balaban J connectivity index is 0.000000471. The zero-order valence-corrected chi connectivity index (χ0v) is 18.4. The Bertz CT molecular complexity index is 1650. The maximum absolute atomic E-state index is 12.9. The number of anilines is 1. The number of aromatic nitrogens is 2. The van der Waals surface area contributed by atoms with Crippen LogP contribution in [0.4, 0.5) is 5.69 Å². The van der Waals surface area contributed by atoms with Gasteiger partial charge in [0.2, 0.25) is 0 Å². The van der Waals surface area contributed by atoms with E-state index in [0.717, 1.165) is 21.5 Å². The molecule has 2 heterocycles. The van der Waals surface area contributed by atoms with Crippen molar-refractivity contribution in [2.24, 2.45) is 0 Å². The first-order chi connectivity index (χ1) is 15.8. The summed E-state index contributed by atoms with van der Waals surface area (Å²) >= 11 is 0. The zero-order chi connectivity index (χ0) is 23.6. The third-order valence-electron chi connectivity index (χ3n) is 5.10. The summed E-state index contributed by atoms with van der Waals surface area (Å²) in [7, 11) is -3.75. The van der Waals surface area contributed by atoms with Crippen molar-refractivity contribution >= 4 is 54.3 Å². The largest absolute Gasteiger partial charge is 0.550 e. The van der Waals surface area contributed by atoms with Gasteiger partial charge in [-0.25, -0.2) is 8.42 Å². The smallest absolute Gasteiger partial charge is 0.272 e. The van der Waals surface area contributed by atoms with E-state index >= 15 is 0 Å². The number of benzene rings is 3. The summed E-state index contributed by atoms with van der Waals surface area (Å²) in [6, 6.07) is 19.5. The number of rotatable bonds is 4. The van der Waals surface area contributed by atoms with Crippen molar-refractivity contribution in [3.8, 4) is 0 Å². The molecule has 0 amide bonds. The number of aliphatic carboxylic acids is 1. The lowest BCUT2D eigenvalue weighted by molar-refractivity contribution is -0.305. The van der Waals surface area contributed by atoms with Crippen LogP contribution in [0.15, 0.2) is 82.6 Å². The predicted molar refractivity (Wildman–Crippen MR) is 126 cm³/mol. The molecule has 168 valence electrons. The Hall–Kier alpha value is -4.11. The molecule has 0 unspecified atom stereocenters. The van der Waals surface area contributed by atoms with Gasteiger partial charge < -0.3 is 19.9 Å². The van der Waals surface area contributed by atoms with Gasteiger partial charge in [0.1, 0.15) is 5.52 Å². The molecule has 9 heteroatoms. The van der Waals surface area contributed by atoms with Crippen molar-refractivity contribution in [2.45, 2.75) is 18.2 Å². The number of carbonyl (C=O) groups is 1. The Labute approximate surface area is 188 Å². The van der Waals surface area contributed by atoms with E-state index in [1.807, 2.05) is 24.3 Å². The quantitative estimate of drug-likeness (QED) is 0.377. The van der Waals surface area contributed by atoms with E-state index in [9.17, 15) is 23.1 Å². The standard InChI is InChI=1S/C21H15N3O3S.C3H6O2/c25-21-20-17(9-10-22-20)18-12-15(6-8-19(18)23-21)24-28(26,27)16-7-5-13-3-1-2-4-14(13)11-16;1-2-3(4)5/h1-12,22,24H,(H,23,25);2H2,1H3,(H,4,5)/p-1. The van der Waals surface area contributed by atoms with E-state index in [2.05, 4.69) is 14.7 Å². The van der Waals surface area contributed by atoms with Crippen LogP contribution >= 0.6 is 0 Å². The van der Waals surface area contributed by atoms with E-state index in [0.29, 0.717) is 16.7 Å². The van der Waals surface area contributed by atoms with Crippen molar-refractivity contribution in [3.63, 3.8) is 0 Å². The Morgan fingerprint density at radius 3 is 2.42 bits per heavy atom. The fraction of sp³-hybridized carbons (Fsp3) is 0.0833. The number of sulfonamides is 1. The summed E-state index contributed by atoms with van der Waals surface area (Å²) in [5, 5.41) is 12.6. The summed E-state index contributed by atoms with van der Waals surface area (Å²) in [6.07, 6.45) is 1.80. The van der Waals surface area contributed by atoms with Crippen molar-refractivity contribution in [1.82, 2.24) is 9.97 Å². The van der Waals surface area contributed by atoms with Gasteiger partial charge in [0.25, 0.3) is 15.6 Å². The average molecular weight is 463 g/mol. The zero-order valence-electron chi connectivity index (χ0n) is 17.6. The van der Waals surface area contributed by atoms with Gasteiger partial charge in [-0.1, -0.05) is 37.3 Å². The van der Waals surface area contributed by atoms with Gasteiger partial charge in [-0.2, -0.15) is 0 Å². The van der Waals surface area contributed by atoms with Crippen LogP contribution in [0, 0.1) is 0 Å². The fourth-order valence-corrected chi connectivity index (χ4v) is 4.54.